The summed E-state index contributed by atoms with van der Waals surface area (Å²) in [7, 11) is 0. The molecule has 0 aliphatic rings. The third-order valence-corrected chi connectivity index (χ3v) is 9.94. The second kappa shape index (κ2) is 12.4. The van der Waals surface area contributed by atoms with Crippen molar-refractivity contribution in [2.24, 2.45) is 0 Å². The van der Waals surface area contributed by atoms with Gasteiger partial charge in [0.15, 0.2) is 0 Å². The topological polar surface area (TPSA) is 34.0 Å². The lowest BCUT2D eigenvalue weighted by atomic mass is 10.0. The first kappa shape index (κ1) is 29.8. The highest BCUT2D eigenvalue weighted by Crippen LogP contribution is 2.41. The van der Waals surface area contributed by atoms with Crippen molar-refractivity contribution in [3.63, 3.8) is 0 Å². The summed E-state index contributed by atoms with van der Waals surface area (Å²) in [6, 6.07) is 68.5. The van der Waals surface area contributed by atoms with E-state index in [-0.39, 0.29) is 0 Å². The second-order valence-electron chi connectivity index (χ2n) is 13.1. The predicted octanol–water partition coefficient (Wildman–Crippen LogP) is 12.7. The van der Waals surface area contributed by atoms with Crippen molar-refractivity contribution in [2.75, 3.05) is 4.90 Å². The van der Waals surface area contributed by atoms with Gasteiger partial charge < -0.3 is 9.47 Å². The Hall–Kier alpha value is -7.04. The number of hydrogen-bond acceptors (Lipinski definition) is 3. The minimum absolute atomic E-state index is 0.866. The van der Waals surface area contributed by atoms with Gasteiger partial charge in [0, 0.05) is 44.6 Å². The molecule has 244 valence electrons. The van der Waals surface area contributed by atoms with Crippen LogP contribution in [0.25, 0.3) is 71.8 Å². The molecule has 0 amide bonds. The SMILES string of the molecule is c1ccc(-c2nc3ccccc3nc2-c2ccc(N(c3ccccc3)c3ccc4c(c3)c3ccccc3n4-c3ccc4ccccc4c3)cc2)cc1. The number of nitrogens with zero attached hydrogens (tertiary/aromatic N) is 4. The van der Waals surface area contributed by atoms with Crippen LogP contribution in [0, 0.1) is 0 Å². The van der Waals surface area contributed by atoms with Gasteiger partial charge >= 0.3 is 0 Å². The maximum absolute atomic E-state index is 5.14. The van der Waals surface area contributed by atoms with Crippen LogP contribution >= 0.6 is 0 Å². The van der Waals surface area contributed by atoms with Gasteiger partial charge in [-0.25, -0.2) is 9.97 Å². The quantitative estimate of drug-likeness (QED) is 0.177. The number of anilines is 3. The molecule has 0 unspecified atom stereocenters. The number of benzene rings is 8. The van der Waals surface area contributed by atoms with Gasteiger partial charge in [0.05, 0.1) is 33.5 Å². The number of aromatic nitrogens is 3. The first-order chi connectivity index (χ1) is 25.8. The molecule has 2 aromatic heterocycles. The van der Waals surface area contributed by atoms with Crippen molar-refractivity contribution < 1.29 is 0 Å². The van der Waals surface area contributed by atoms with Crippen LogP contribution in [-0.4, -0.2) is 14.5 Å². The van der Waals surface area contributed by atoms with Gasteiger partial charge in [-0.1, -0.05) is 121 Å². The molecule has 0 saturated heterocycles. The van der Waals surface area contributed by atoms with Crippen LogP contribution in [0.15, 0.2) is 194 Å². The maximum Gasteiger partial charge on any atom is 0.0973 e. The lowest BCUT2D eigenvalue weighted by molar-refractivity contribution is 1.18. The van der Waals surface area contributed by atoms with Crippen LogP contribution in [0.4, 0.5) is 17.1 Å². The second-order valence-corrected chi connectivity index (χ2v) is 13.1. The third kappa shape index (κ3) is 5.09. The molecule has 0 aliphatic carbocycles. The minimum atomic E-state index is 0.866. The highest BCUT2D eigenvalue weighted by Gasteiger charge is 2.19. The van der Waals surface area contributed by atoms with Gasteiger partial charge in [-0.2, -0.15) is 0 Å². The lowest BCUT2D eigenvalue weighted by Gasteiger charge is -2.26. The predicted molar refractivity (Wildman–Crippen MR) is 217 cm³/mol. The van der Waals surface area contributed by atoms with Crippen molar-refractivity contribution in [3.8, 4) is 28.2 Å². The largest absolute Gasteiger partial charge is 0.310 e. The monoisotopic (exact) mass is 664 g/mol. The molecular weight excluding hydrogens is 633 g/mol. The molecule has 8 aromatic carbocycles. The maximum atomic E-state index is 5.14. The van der Waals surface area contributed by atoms with Gasteiger partial charge in [0.25, 0.3) is 0 Å². The standard InChI is InChI=1S/C48H32N4/c1-3-14-34(15-4-1)47-48(50-44-21-11-10-20-43(44)49-47)35-24-26-38(27-25-35)51(37-17-5-2-6-18-37)40-29-30-46-42(32-40)41-19-9-12-22-45(41)52(46)39-28-23-33-13-7-8-16-36(33)31-39/h1-32H. The van der Waals surface area contributed by atoms with Gasteiger partial charge in [-0.3, -0.25) is 0 Å². The molecule has 0 radical (unpaired) electrons. The molecule has 0 aliphatic heterocycles. The Bertz CT molecular complexity index is 2890. The van der Waals surface area contributed by atoms with Crippen LogP contribution in [0.1, 0.15) is 0 Å². The number of hydrogen-bond donors (Lipinski definition) is 0. The van der Waals surface area contributed by atoms with E-state index in [9.17, 15) is 0 Å². The molecule has 0 N–H and O–H groups in total. The van der Waals surface area contributed by atoms with E-state index in [1.807, 2.05) is 42.5 Å². The highest BCUT2D eigenvalue weighted by atomic mass is 15.1. The average molecular weight is 665 g/mol. The van der Waals surface area contributed by atoms with E-state index >= 15 is 0 Å². The van der Waals surface area contributed by atoms with E-state index in [1.165, 1.54) is 32.6 Å². The van der Waals surface area contributed by atoms with Gasteiger partial charge in [-0.05, 0) is 83.6 Å². The van der Waals surface area contributed by atoms with Gasteiger partial charge in [-0.15, -0.1) is 0 Å². The van der Waals surface area contributed by atoms with Crippen LogP contribution in [-0.2, 0) is 0 Å². The Morgan fingerprint density at radius 1 is 0.365 bits per heavy atom. The minimum Gasteiger partial charge on any atom is -0.310 e. The fraction of sp³-hybridized carbons (Fsp3) is 0. The summed E-state index contributed by atoms with van der Waals surface area (Å²) in [4.78, 5) is 12.6. The Morgan fingerprint density at radius 3 is 1.67 bits per heavy atom. The first-order valence-electron chi connectivity index (χ1n) is 17.6. The fourth-order valence-corrected chi connectivity index (χ4v) is 7.49. The summed E-state index contributed by atoms with van der Waals surface area (Å²) in [5.41, 5.74) is 12.3. The van der Waals surface area contributed by atoms with E-state index < -0.39 is 0 Å². The zero-order valence-electron chi connectivity index (χ0n) is 28.3. The van der Waals surface area contributed by atoms with Crippen molar-refractivity contribution in [2.45, 2.75) is 0 Å². The van der Waals surface area contributed by atoms with E-state index in [1.54, 1.807) is 0 Å². The van der Waals surface area contributed by atoms with Crippen LogP contribution in [0.5, 0.6) is 0 Å². The van der Waals surface area contributed by atoms with Gasteiger partial charge in [0.2, 0.25) is 0 Å². The smallest absolute Gasteiger partial charge is 0.0973 e. The molecule has 2 heterocycles. The molecule has 0 saturated carbocycles. The molecular formula is C48H32N4. The summed E-state index contributed by atoms with van der Waals surface area (Å²) in [5, 5.41) is 4.89. The number of rotatable bonds is 6. The molecule has 0 atom stereocenters. The van der Waals surface area contributed by atoms with Crippen molar-refractivity contribution in [3.05, 3.63) is 194 Å². The summed E-state index contributed by atoms with van der Waals surface area (Å²) in [6.07, 6.45) is 0. The molecule has 0 spiro atoms. The fourth-order valence-electron chi connectivity index (χ4n) is 7.49. The molecule has 0 bridgehead atoms. The third-order valence-electron chi connectivity index (χ3n) is 9.94. The summed E-state index contributed by atoms with van der Waals surface area (Å²) < 4.78 is 2.39. The summed E-state index contributed by atoms with van der Waals surface area (Å²) >= 11 is 0. The zero-order chi connectivity index (χ0) is 34.4. The first-order valence-corrected chi connectivity index (χ1v) is 17.6. The number of fused-ring (bicyclic) bond motifs is 5. The molecule has 4 nitrogen and oxygen atoms in total. The summed E-state index contributed by atoms with van der Waals surface area (Å²) in [6.45, 7) is 0. The lowest BCUT2D eigenvalue weighted by Crippen LogP contribution is -2.09. The van der Waals surface area contributed by atoms with E-state index in [0.29, 0.717) is 0 Å². The Balaban J connectivity index is 1.11. The average Bonchev–Trinajstić information content (AvgIpc) is 3.55. The van der Waals surface area contributed by atoms with Crippen LogP contribution < -0.4 is 4.90 Å². The van der Waals surface area contributed by atoms with E-state index in [4.69, 9.17) is 9.97 Å². The zero-order valence-corrected chi connectivity index (χ0v) is 28.3. The normalized spacial score (nSPS) is 11.5. The molecule has 52 heavy (non-hydrogen) atoms. The Morgan fingerprint density at radius 2 is 0.923 bits per heavy atom. The summed E-state index contributed by atoms with van der Waals surface area (Å²) in [5.74, 6) is 0. The van der Waals surface area contributed by atoms with Gasteiger partial charge in [0.1, 0.15) is 0 Å². The molecule has 4 heteroatoms. The Labute approximate surface area is 301 Å². The van der Waals surface area contributed by atoms with Crippen molar-refractivity contribution in [1.82, 2.24) is 14.5 Å². The molecule has 0 fully saturated rings. The highest BCUT2D eigenvalue weighted by molar-refractivity contribution is 6.11. The van der Waals surface area contributed by atoms with E-state index in [0.717, 1.165) is 56.3 Å². The molecule has 10 rings (SSSR count). The number of para-hydroxylation sites is 4. The van der Waals surface area contributed by atoms with E-state index in [2.05, 4.69) is 161 Å². The molecule has 10 aromatic rings. The van der Waals surface area contributed by atoms with Crippen molar-refractivity contribution in [1.29, 1.82) is 0 Å². The van der Waals surface area contributed by atoms with Crippen LogP contribution in [0.2, 0.25) is 0 Å². The van der Waals surface area contributed by atoms with Crippen LogP contribution in [0.3, 0.4) is 0 Å². The van der Waals surface area contributed by atoms with Crippen molar-refractivity contribution >= 4 is 60.7 Å². The Kier molecular flexibility index (Phi) is 7.10.